The van der Waals surface area contributed by atoms with Gasteiger partial charge in [0.2, 0.25) is 0 Å². The summed E-state index contributed by atoms with van der Waals surface area (Å²) in [7, 11) is 0. The van der Waals surface area contributed by atoms with Crippen molar-refractivity contribution in [2.24, 2.45) is 11.3 Å². The molecule has 6 nitrogen and oxygen atoms in total. The van der Waals surface area contributed by atoms with Gasteiger partial charge in [0.1, 0.15) is 0 Å². The van der Waals surface area contributed by atoms with Crippen molar-refractivity contribution in [3.8, 4) is 0 Å². The second-order valence-corrected chi connectivity index (χ2v) is 8.43. The van der Waals surface area contributed by atoms with E-state index < -0.39 is 0 Å². The van der Waals surface area contributed by atoms with Crippen LogP contribution in [-0.4, -0.2) is 55.6 Å². The van der Waals surface area contributed by atoms with Gasteiger partial charge in [-0.3, -0.25) is 10.1 Å². The maximum Gasteiger partial charge on any atom is 0.269 e. The van der Waals surface area contributed by atoms with Gasteiger partial charge in [-0.1, -0.05) is 0 Å². The lowest BCUT2D eigenvalue weighted by Crippen LogP contribution is -2.45. The average Bonchev–Trinajstić information content (AvgIpc) is 3.13. The minimum atomic E-state index is -0.333. The molecule has 1 spiro atoms. The third-order valence-corrected chi connectivity index (χ3v) is 6.81. The molecule has 26 heavy (non-hydrogen) atoms. The molecular formula is C20H30N4O2. The number of nitrogens with one attached hydrogen (secondary N) is 1. The molecule has 3 saturated heterocycles. The number of nitro groups is 1. The number of likely N-dealkylation sites (tertiary alicyclic amines) is 1. The molecule has 4 rings (SSSR count). The normalized spacial score (nSPS) is 24.2. The Morgan fingerprint density at radius 2 is 1.77 bits per heavy atom. The first kappa shape index (κ1) is 17.7. The van der Waals surface area contributed by atoms with Gasteiger partial charge < -0.3 is 15.1 Å². The standard InChI is InChI=1S/C20H30N4O2/c25-24(26)19-3-1-18(2-4-19)23-11-5-17(6-12-23)15-22-13-8-20(9-14-22)7-10-21-16-20/h1-4,17,21H,5-16H2. The summed E-state index contributed by atoms with van der Waals surface area (Å²) >= 11 is 0. The van der Waals surface area contributed by atoms with E-state index in [-0.39, 0.29) is 10.6 Å². The summed E-state index contributed by atoms with van der Waals surface area (Å²) in [6.07, 6.45) is 6.54. The van der Waals surface area contributed by atoms with Gasteiger partial charge in [-0.25, -0.2) is 0 Å². The average molecular weight is 358 g/mol. The summed E-state index contributed by atoms with van der Waals surface area (Å²) in [4.78, 5) is 15.5. The smallest absolute Gasteiger partial charge is 0.269 e. The number of non-ortho nitro benzene ring substituents is 1. The first-order chi connectivity index (χ1) is 12.6. The summed E-state index contributed by atoms with van der Waals surface area (Å²) in [6.45, 7) is 8.34. The van der Waals surface area contributed by atoms with Crippen LogP contribution in [0.5, 0.6) is 0 Å². The lowest BCUT2D eigenvalue weighted by atomic mass is 9.77. The summed E-state index contributed by atoms with van der Waals surface area (Å²) < 4.78 is 0. The minimum absolute atomic E-state index is 0.170. The molecule has 0 aromatic heterocycles. The molecule has 3 heterocycles. The molecule has 6 heteroatoms. The Hall–Kier alpha value is -1.66. The van der Waals surface area contributed by atoms with E-state index in [4.69, 9.17) is 0 Å². The van der Waals surface area contributed by atoms with Gasteiger partial charge in [0.25, 0.3) is 5.69 Å². The van der Waals surface area contributed by atoms with Crippen LogP contribution in [-0.2, 0) is 0 Å². The topological polar surface area (TPSA) is 61.7 Å². The van der Waals surface area contributed by atoms with E-state index in [1.54, 1.807) is 12.1 Å². The summed E-state index contributed by atoms with van der Waals surface area (Å²) in [5.41, 5.74) is 1.89. The fourth-order valence-electron chi connectivity index (χ4n) is 4.96. The van der Waals surface area contributed by atoms with E-state index in [2.05, 4.69) is 15.1 Å². The summed E-state index contributed by atoms with van der Waals surface area (Å²) in [5, 5.41) is 14.3. The second kappa shape index (κ2) is 7.53. The highest BCUT2D eigenvalue weighted by Gasteiger charge is 2.37. The second-order valence-electron chi connectivity index (χ2n) is 8.43. The molecule has 3 aliphatic rings. The number of piperidine rings is 2. The highest BCUT2D eigenvalue weighted by atomic mass is 16.6. The highest BCUT2D eigenvalue weighted by Crippen LogP contribution is 2.37. The van der Waals surface area contributed by atoms with Crippen LogP contribution in [0.1, 0.15) is 32.1 Å². The molecule has 0 amide bonds. The molecule has 1 aromatic carbocycles. The van der Waals surface area contributed by atoms with Gasteiger partial charge in [-0.05, 0) is 75.2 Å². The van der Waals surface area contributed by atoms with Crippen molar-refractivity contribution in [3.05, 3.63) is 34.4 Å². The Balaban J connectivity index is 1.23. The van der Waals surface area contributed by atoms with Crippen molar-refractivity contribution in [2.45, 2.75) is 32.1 Å². The van der Waals surface area contributed by atoms with Crippen molar-refractivity contribution in [2.75, 3.05) is 50.7 Å². The molecular weight excluding hydrogens is 328 g/mol. The molecule has 0 radical (unpaired) electrons. The first-order valence-electron chi connectivity index (χ1n) is 10.1. The lowest BCUT2D eigenvalue weighted by Gasteiger charge is -2.41. The van der Waals surface area contributed by atoms with E-state index in [1.807, 2.05) is 12.1 Å². The molecule has 3 aliphatic heterocycles. The van der Waals surface area contributed by atoms with Crippen molar-refractivity contribution < 1.29 is 4.92 Å². The lowest BCUT2D eigenvalue weighted by molar-refractivity contribution is -0.384. The molecule has 0 unspecified atom stereocenters. The number of hydrogen-bond acceptors (Lipinski definition) is 5. The van der Waals surface area contributed by atoms with E-state index in [0.717, 1.165) is 24.7 Å². The molecule has 142 valence electrons. The van der Waals surface area contributed by atoms with Crippen LogP contribution >= 0.6 is 0 Å². The fourth-order valence-corrected chi connectivity index (χ4v) is 4.96. The monoisotopic (exact) mass is 358 g/mol. The van der Waals surface area contributed by atoms with Crippen molar-refractivity contribution >= 4 is 11.4 Å². The third kappa shape index (κ3) is 3.86. The van der Waals surface area contributed by atoms with Crippen LogP contribution in [0, 0.1) is 21.4 Å². The van der Waals surface area contributed by atoms with Crippen LogP contribution < -0.4 is 10.2 Å². The molecule has 0 atom stereocenters. The zero-order valence-electron chi connectivity index (χ0n) is 15.5. The minimum Gasteiger partial charge on any atom is -0.372 e. The third-order valence-electron chi connectivity index (χ3n) is 6.81. The van der Waals surface area contributed by atoms with E-state index in [9.17, 15) is 10.1 Å². The molecule has 0 bridgehead atoms. The van der Waals surface area contributed by atoms with Gasteiger partial charge >= 0.3 is 0 Å². The SMILES string of the molecule is O=[N+]([O-])c1ccc(N2CCC(CN3CCC4(CCNC4)CC3)CC2)cc1. The van der Waals surface area contributed by atoms with E-state index >= 15 is 0 Å². The van der Waals surface area contributed by atoms with Gasteiger partial charge in [0, 0.05) is 44.0 Å². The maximum absolute atomic E-state index is 10.8. The van der Waals surface area contributed by atoms with E-state index in [0.29, 0.717) is 5.41 Å². The van der Waals surface area contributed by atoms with Gasteiger partial charge in [0.05, 0.1) is 4.92 Å². The largest absolute Gasteiger partial charge is 0.372 e. The number of rotatable bonds is 4. The molecule has 0 aliphatic carbocycles. The van der Waals surface area contributed by atoms with Crippen LogP contribution in [0.2, 0.25) is 0 Å². The van der Waals surface area contributed by atoms with Crippen LogP contribution in [0.3, 0.4) is 0 Å². The van der Waals surface area contributed by atoms with Crippen LogP contribution in [0.4, 0.5) is 11.4 Å². The molecule has 1 aromatic rings. The Bertz CT molecular complexity index is 609. The number of nitro benzene ring substituents is 1. The number of benzene rings is 1. The van der Waals surface area contributed by atoms with Crippen LogP contribution in [0.25, 0.3) is 0 Å². The van der Waals surface area contributed by atoms with Gasteiger partial charge in [-0.15, -0.1) is 0 Å². The Morgan fingerprint density at radius 1 is 1.08 bits per heavy atom. The van der Waals surface area contributed by atoms with Crippen LogP contribution in [0.15, 0.2) is 24.3 Å². The Kier molecular flexibility index (Phi) is 5.14. The van der Waals surface area contributed by atoms with Gasteiger partial charge in [0.15, 0.2) is 0 Å². The predicted molar refractivity (Wildman–Crippen MR) is 104 cm³/mol. The molecule has 1 N–H and O–H groups in total. The first-order valence-corrected chi connectivity index (χ1v) is 10.1. The number of hydrogen-bond donors (Lipinski definition) is 1. The zero-order valence-corrected chi connectivity index (χ0v) is 15.5. The fraction of sp³-hybridized carbons (Fsp3) is 0.700. The Labute approximate surface area is 155 Å². The predicted octanol–water partition coefficient (Wildman–Crippen LogP) is 2.89. The maximum atomic E-state index is 10.8. The van der Waals surface area contributed by atoms with Crippen molar-refractivity contribution in [1.82, 2.24) is 10.2 Å². The van der Waals surface area contributed by atoms with Gasteiger partial charge in [-0.2, -0.15) is 0 Å². The number of anilines is 1. The Morgan fingerprint density at radius 3 is 2.35 bits per heavy atom. The summed E-state index contributed by atoms with van der Waals surface area (Å²) in [5.74, 6) is 0.792. The van der Waals surface area contributed by atoms with E-state index in [1.165, 1.54) is 64.8 Å². The number of nitrogens with zero attached hydrogens (tertiary/aromatic N) is 3. The highest BCUT2D eigenvalue weighted by molar-refractivity contribution is 5.51. The van der Waals surface area contributed by atoms with Crippen molar-refractivity contribution in [1.29, 1.82) is 0 Å². The summed E-state index contributed by atoms with van der Waals surface area (Å²) in [6, 6.07) is 7.00. The van der Waals surface area contributed by atoms with Crippen molar-refractivity contribution in [3.63, 3.8) is 0 Å². The zero-order chi connectivity index (χ0) is 18.0. The molecule has 0 saturated carbocycles. The quantitative estimate of drug-likeness (QED) is 0.662. The molecule has 3 fully saturated rings.